The van der Waals surface area contributed by atoms with Gasteiger partial charge in [-0.05, 0) is 47.4 Å². The molecular formula is C25H26ClN3O6S. The number of carbonyl (C=O) groups is 2. The van der Waals surface area contributed by atoms with Crippen molar-refractivity contribution >= 4 is 45.2 Å². The molecule has 0 aliphatic heterocycles. The lowest BCUT2D eigenvalue weighted by molar-refractivity contribution is 0.102. The largest absolute Gasteiger partial charge is 0.492 e. The fraction of sp³-hybridized carbons (Fsp3) is 0.240. The zero-order chi connectivity index (χ0) is 26.7. The molecule has 2 N–H and O–H groups in total. The van der Waals surface area contributed by atoms with E-state index in [9.17, 15) is 18.0 Å². The van der Waals surface area contributed by atoms with Crippen molar-refractivity contribution < 1.29 is 27.5 Å². The van der Waals surface area contributed by atoms with Crippen LogP contribution in [0.5, 0.6) is 17.2 Å². The minimum absolute atomic E-state index is 0.158. The van der Waals surface area contributed by atoms with E-state index in [4.69, 9.17) is 21.1 Å². The first kappa shape index (κ1) is 27.0. The fourth-order valence-electron chi connectivity index (χ4n) is 3.25. The molecule has 190 valence electrons. The second-order valence-corrected chi connectivity index (χ2v) is 11.1. The van der Waals surface area contributed by atoms with E-state index in [-0.39, 0.29) is 44.6 Å². The quantitative estimate of drug-likeness (QED) is 0.379. The second-order valence-electron chi connectivity index (χ2n) is 8.96. The molecule has 0 spiro atoms. The number of methoxy groups -OCH3 is 1. The summed E-state index contributed by atoms with van der Waals surface area (Å²) in [4.78, 5) is 28.1. The van der Waals surface area contributed by atoms with Crippen molar-refractivity contribution in [2.75, 3.05) is 23.4 Å². The number of halogens is 1. The van der Waals surface area contributed by atoms with Gasteiger partial charge in [-0.1, -0.05) is 32.4 Å². The van der Waals surface area contributed by atoms with Gasteiger partial charge in [0.1, 0.15) is 17.2 Å². The van der Waals surface area contributed by atoms with Gasteiger partial charge in [-0.25, -0.2) is 8.42 Å². The number of pyridine rings is 1. The minimum Gasteiger partial charge on any atom is -0.492 e. The molecule has 0 fully saturated rings. The smallest absolute Gasteiger partial charge is 0.255 e. The molecule has 0 atom stereocenters. The highest BCUT2D eigenvalue weighted by molar-refractivity contribution is 7.92. The lowest BCUT2D eigenvalue weighted by Crippen LogP contribution is -2.18. The molecule has 0 unspecified atom stereocenters. The topological polar surface area (TPSA) is 124 Å². The highest BCUT2D eigenvalue weighted by Gasteiger charge is 2.23. The fourth-order valence-corrected chi connectivity index (χ4v) is 3.96. The Bertz CT molecular complexity index is 1420. The molecule has 3 rings (SSSR count). The number of carbonyl (C=O) groups excluding carboxylic acids is 2. The van der Waals surface area contributed by atoms with Crippen LogP contribution in [0.4, 0.5) is 11.4 Å². The molecule has 1 amide bonds. The van der Waals surface area contributed by atoms with E-state index in [1.807, 2.05) is 20.8 Å². The molecule has 0 radical (unpaired) electrons. The number of sulfonamides is 1. The number of aromatic nitrogens is 1. The Morgan fingerprint density at radius 3 is 2.39 bits per heavy atom. The third-order valence-electron chi connectivity index (χ3n) is 5.00. The SMILES string of the molecule is COc1c(NC(=O)c2ccc(Cl)c(Oc3ccnc(C=O)c3)c2)cc(C(C)(C)C)cc1NS(C)(=O)=O. The van der Waals surface area contributed by atoms with E-state index in [0.29, 0.717) is 12.0 Å². The first-order valence-electron chi connectivity index (χ1n) is 10.7. The third kappa shape index (κ3) is 6.73. The van der Waals surface area contributed by atoms with E-state index in [0.717, 1.165) is 11.8 Å². The molecule has 2 aromatic carbocycles. The molecular weight excluding hydrogens is 506 g/mol. The van der Waals surface area contributed by atoms with E-state index >= 15 is 0 Å². The van der Waals surface area contributed by atoms with Gasteiger partial charge in [-0.15, -0.1) is 0 Å². The first-order valence-corrected chi connectivity index (χ1v) is 13.0. The molecule has 1 heterocycles. The van der Waals surface area contributed by atoms with Crippen molar-refractivity contribution in [1.82, 2.24) is 4.98 Å². The zero-order valence-corrected chi connectivity index (χ0v) is 22.0. The molecule has 0 aliphatic carbocycles. The summed E-state index contributed by atoms with van der Waals surface area (Å²) in [7, 11) is -2.23. The van der Waals surface area contributed by atoms with Crippen LogP contribution in [0.1, 0.15) is 47.2 Å². The number of rotatable bonds is 8. The molecule has 0 saturated carbocycles. The Kier molecular flexibility index (Phi) is 7.90. The first-order chi connectivity index (χ1) is 16.8. The zero-order valence-electron chi connectivity index (χ0n) is 20.4. The van der Waals surface area contributed by atoms with Crippen LogP contribution in [-0.2, 0) is 15.4 Å². The number of anilines is 2. The van der Waals surface area contributed by atoms with Gasteiger partial charge in [0.25, 0.3) is 5.91 Å². The minimum atomic E-state index is -3.61. The number of benzene rings is 2. The molecule has 11 heteroatoms. The standard InChI is InChI=1S/C25H26ClN3O6S/c1-25(2,3)16-11-20(23(34-4)21(12-16)29-36(5,32)33)28-24(31)15-6-7-19(26)22(10-15)35-18-8-9-27-17(13-18)14-30/h6-14,29H,1-5H3,(H,28,31). The number of amides is 1. The third-order valence-corrected chi connectivity index (χ3v) is 5.90. The summed E-state index contributed by atoms with van der Waals surface area (Å²) >= 11 is 6.26. The molecule has 0 bridgehead atoms. The van der Waals surface area contributed by atoms with Gasteiger partial charge in [-0.3, -0.25) is 19.3 Å². The maximum Gasteiger partial charge on any atom is 0.255 e. The molecule has 0 saturated heterocycles. The van der Waals surface area contributed by atoms with Crippen LogP contribution >= 0.6 is 11.6 Å². The van der Waals surface area contributed by atoms with Crippen LogP contribution in [0.15, 0.2) is 48.7 Å². The monoisotopic (exact) mass is 531 g/mol. The predicted molar refractivity (Wildman–Crippen MR) is 139 cm³/mol. The molecule has 1 aromatic heterocycles. The van der Waals surface area contributed by atoms with Gasteiger partial charge < -0.3 is 14.8 Å². The molecule has 36 heavy (non-hydrogen) atoms. The highest BCUT2D eigenvalue weighted by Crippen LogP contribution is 2.39. The lowest BCUT2D eigenvalue weighted by atomic mass is 9.86. The van der Waals surface area contributed by atoms with Gasteiger partial charge >= 0.3 is 0 Å². The van der Waals surface area contributed by atoms with Gasteiger partial charge in [0.05, 0.1) is 29.8 Å². The van der Waals surface area contributed by atoms with Crippen molar-refractivity contribution in [3.8, 4) is 17.2 Å². The predicted octanol–water partition coefficient (Wildman–Crippen LogP) is 5.27. The van der Waals surface area contributed by atoms with Crippen LogP contribution in [0.3, 0.4) is 0 Å². The average Bonchev–Trinajstić information content (AvgIpc) is 2.78. The van der Waals surface area contributed by atoms with Crippen molar-refractivity contribution in [2.45, 2.75) is 26.2 Å². The van der Waals surface area contributed by atoms with E-state index in [1.54, 1.807) is 18.2 Å². The highest BCUT2D eigenvalue weighted by atomic mass is 35.5. The maximum atomic E-state index is 13.2. The van der Waals surface area contributed by atoms with Crippen LogP contribution in [-0.4, -0.2) is 39.0 Å². The van der Waals surface area contributed by atoms with E-state index < -0.39 is 15.9 Å². The normalized spacial score (nSPS) is 11.5. The Morgan fingerprint density at radius 2 is 1.78 bits per heavy atom. The van der Waals surface area contributed by atoms with Gasteiger partial charge in [0, 0.05) is 17.8 Å². The number of hydrogen-bond acceptors (Lipinski definition) is 7. The Labute approximate surface area is 214 Å². The van der Waals surface area contributed by atoms with Crippen molar-refractivity contribution in [3.63, 3.8) is 0 Å². The van der Waals surface area contributed by atoms with Gasteiger partial charge in [0.2, 0.25) is 10.0 Å². The maximum absolute atomic E-state index is 13.2. The van der Waals surface area contributed by atoms with E-state index in [1.165, 1.54) is 37.6 Å². The van der Waals surface area contributed by atoms with Crippen molar-refractivity contribution in [2.24, 2.45) is 0 Å². The summed E-state index contributed by atoms with van der Waals surface area (Å²) < 4.78 is 37.5. The van der Waals surface area contributed by atoms with Crippen LogP contribution in [0, 0.1) is 0 Å². The van der Waals surface area contributed by atoms with E-state index in [2.05, 4.69) is 15.0 Å². The number of ether oxygens (including phenoxy) is 2. The number of nitrogens with one attached hydrogen (secondary N) is 2. The molecule has 9 nitrogen and oxygen atoms in total. The van der Waals surface area contributed by atoms with Crippen LogP contribution < -0.4 is 19.5 Å². The van der Waals surface area contributed by atoms with Crippen molar-refractivity contribution in [3.05, 3.63) is 70.5 Å². The molecule has 3 aromatic rings. The Balaban J connectivity index is 1.98. The summed E-state index contributed by atoms with van der Waals surface area (Å²) in [6.45, 7) is 5.88. The van der Waals surface area contributed by atoms with Gasteiger partial charge in [-0.2, -0.15) is 0 Å². The Morgan fingerprint density at radius 1 is 1.08 bits per heavy atom. The van der Waals surface area contributed by atoms with Crippen LogP contribution in [0.2, 0.25) is 5.02 Å². The summed E-state index contributed by atoms with van der Waals surface area (Å²) in [5.74, 6) is 0.171. The summed E-state index contributed by atoms with van der Waals surface area (Å²) in [5, 5.41) is 3.04. The number of hydrogen-bond donors (Lipinski definition) is 2. The van der Waals surface area contributed by atoms with Crippen LogP contribution in [0.25, 0.3) is 0 Å². The number of nitrogens with zero attached hydrogens (tertiary/aromatic N) is 1. The Hall–Kier alpha value is -3.63. The summed E-state index contributed by atoms with van der Waals surface area (Å²) in [6, 6.07) is 10.9. The summed E-state index contributed by atoms with van der Waals surface area (Å²) in [6.07, 6.45) is 3.04. The molecule has 0 aliphatic rings. The lowest BCUT2D eigenvalue weighted by Gasteiger charge is -2.24. The number of aldehydes is 1. The van der Waals surface area contributed by atoms with Crippen molar-refractivity contribution in [1.29, 1.82) is 0 Å². The average molecular weight is 532 g/mol. The summed E-state index contributed by atoms with van der Waals surface area (Å²) in [5.41, 5.74) is 1.30. The second kappa shape index (κ2) is 10.5. The van der Waals surface area contributed by atoms with Gasteiger partial charge in [0.15, 0.2) is 12.0 Å².